The first-order valence-electron chi connectivity index (χ1n) is 6.87. The molecular formula is C17H16BrNO4. The Kier molecular flexibility index (Phi) is 5.76. The average Bonchev–Trinajstić information content (AvgIpc) is 2.55. The number of hydrogen-bond acceptors (Lipinski definition) is 4. The molecule has 6 heteroatoms. The third-order valence-corrected chi connectivity index (χ3v) is 3.58. The van der Waals surface area contributed by atoms with Crippen molar-refractivity contribution in [2.24, 2.45) is 0 Å². The molecule has 2 aromatic carbocycles. The molecule has 0 spiro atoms. The van der Waals surface area contributed by atoms with Crippen LogP contribution in [-0.2, 0) is 9.53 Å². The van der Waals surface area contributed by atoms with E-state index in [4.69, 9.17) is 4.74 Å². The molecule has 5 nitrogen and oxygen atoms in total. The van der Waals surface area contributed by atoms with Crippen LogP contribution in [0.3, 0.4) is 0 Å². The molecule has 1 amide bonds. The minimum Gasteiger partial charge on any atom is -0.484 e. The molecule has 0 atom stereocenters. The predicted octanol–water partition coefficient (Wildman–Crippen LogP) is 3.56. The Labute approximate surface area is 142 Å². The topological polar surface area (TPSA) is 64.6 Å². The molecule has 0 aliphatic heterocycles. The van der Waals surface area contributed by atoms with Crippen molar-refractivity contribution in [3.05, 3.63) is 58.1 Å². The lowest BCUT2D eigenvalue weighted by Crippen LogP contribution is -2.20. The fourth-order valence-corrected chi connectivity index (χ4v) is 2.41. The molecule has 23 heavy (non-hydrogen) atoms. The van der Waals surface area contributed by atoms with Gasteiger partial charge in [0, 0.05) is 10.2 Å². The summed E-state index contributed by atoms with van der Waals surface area (Å²) in [5.41, 5.74) is 2.04. The summed E-state index contributed by atoms with van der Waals surface area (Å²) >= 11 is 3.37. The van der Waals surface area contributed by atoms with Gasteiger partial charge in [0.25, 0.3) is 5.91 Å². The lowest BCUT2D eigenvalue weighted by Gasteiger charge is -2.10. The van der Waals surface area contributed by atoms with Crippen LogP contribution in [0.5, 0.6) is 5.75 Å². The fraction of sp³-hybridized carbons (Fsp3) is 0.176. The highest BCUT2D eigenvalue weighted by molar-refractivity contribution is 9.10. The van der Waals surface area contributed by atoms with E-state index in [1.165, 1.54) is 13.2 Å². The van der Waals surface area contributed by atoms with E-state index < -0.39 is 5.97 Å². The minimum absolute atomic E-state index is 0.153. The van der Waals surface area contributed by atoms with Gasteiger partial charge < -0.3 is 14.8 Å². The van der Waals surface area contributed by atoms with Crippen molar-refractivity contribution < 1.29 is 19.1 Å². The Morgan fingerprint density at radius 2 is 1.96 bits per heavy atom. The van der Waals surface area contributed by atoms with Crippen LogP contribution in [0.25, 0.3) is 0 Å². The van der Waals surface area contributed by atoms with Gasteiger partial charge in [0.1, 0.15) is 5.75 Å². The molecule has 0 unspecified atom stereocenters. The number of carbonyl (C=O) groups is 2. The molecule has 0 heterocycles. The lowest BCUT2D eigenvalue weighted by molar-refractivity contribution is -0.118. The number of amides is 1. The number of carbonyl (C=O) groups excluding carboxylic acids is 2. The number of aryl methyl sites for hydroxylation is 1. The van der Waals surface area contributed by atoms with Gasteiger partial charge in [0.2, 0.25) is 0 Å². The van der Waals surface area contributed by atoms with E-state index in [1.54, 1.807) is 18.2 Å². The molecule has 0 saturated heterocycles. The van der Waals surface area contributed by atoms with Gasteiger partial charge in [0.05, 0.1) is 12.7 Å². The summed E-state index contributed by atoms with van der Waals surface area (Å²) in [7, 11) is 1.31. The Hall–Kier alpha value is -2.34. The van der Waals surface area contributed by atoms with Crippen LogP contribution in [0.4, 0.5) is 5.69 Å². The summed E-state index contributed by atoms with van der Waals surface area (Å²) in [4.78, 5) is 23.4. The second-order valence-corrected chi connectivity index (χ2v) is 5.73. The van der Waals surface area contributed by atoms with Crippen LogP contribution in [0.15, 0.2) is 46.9 Å². The zero-order chi connectivity index (χ0) is 16.8. The summed E-state index contributed by atoms with van der Waals surface area (Å²) in [5.74, 6) is -0.306. The van der Waals surface area contributed by atoms with Crippen molar-refractivity contribution >= 4 is 33.5 Å². The molecule has 2 aromatic rings. The maximum absolute atomic E-state index is 12.0. The highest BCUT2D eigenvalue weighted by Gasteiger charge is 2.09. The Morgan fingerprint density at radius 1 is 1.17 bits per heavy atom. The van der Waals surface area contributed by atoms with Crippen molar-refractivity contribution in [2.45, 2.75) is 6.92 Å². The molecule has 0 radical (unpaired) electrons. The third-order valence-electron chi connectivity index (χ3n) is 3.09. The van der Waals surface area contributed by atoms with E-state index in [-0.39, 0.29) is 12.5 Å². The van der Waals surface area contributed by atoms with Crippen LogP contribution in [-0.4, -0.2) is 25.6 Å². The smallest absolute Gasteiger partial charge is 0.337 e. The number of esters is 1. The number of benzene rings is 2. The zero-order valence-electron chi connectivity index (χ0n) is 12.8. The number of hydrogen-bond donors (Lipinski definition) is 1. The van der Waals surface area contributed by atoms with Gasteiger partial charge in [-0.15, -0.1) is 0 Å². The lowest BCUT2D eigenvalue weighted by atomic mass is 10.2. The summed E-state index contributed by atoms with van der Waals surface area (Å²) in [6.45, 7) is 1.75. The first-order valence-corrected chi connectivity index (χ1v) is 7.66. The van der Waals surface area contributed by atoms with Crippen molar-refractivity contribution in [3.8, 4) is 5.75 Å². The van der Waals surface area contributed by atoms with Crippen molar-refractivity contribution in [1.82, 2.24) is 0 Å². The van der Waals surface area contributed by atoms with E-state index in [0.29, 0.717) is 11.3 Å². The molecule has 0 aliphatic rings. The van der Waals surface area contributed by atoms with Gasteiger partial charge in [-0.2, -0.15) is 0 Å². The molecule has 0 aromatic heterocycles. The minimum atomic E-state index is -0.453. The van der Waals surface area contributed by atoms with Crippen molar-refractivity contribution in [2.75, 3.05) is 19.0 Å². The zero-order valence-corrected chi connectivity index (χ0v) is 14.3. The van der Waals surface area contributed by atoms with Gasteiger partial charge in [0.15, 0.2) is 6.61 Å². The van der Waals surface area contributed by atoms with Gasteiger partial charge in [-0.3, -0.25) is 4.79 Å². The van der Waals surface area contributed by atoms with Crippen LogP contribution in [0.2, 0.25) is 0 Å². The highest BCUT2D eigenvalue weighted by Crippen LogP contribution is 2.20. The maximum atomic E-state index is 12.0. The molecule has 1 N–H and O–H groups in total. The number of methoxy groups -OCH3 is 1. The van der Waals surface area contributed by atoms with E-state index in [0.717, 1.165) is 15.7 Å². The van der Waals surface area contributed by atoms with E-state index >= 15 is 0 Å². The van der Waals surface area contributed by atoms with Gasteiger partial charge >= 0.3 is 5.97 Å². The second-order valence-electron chi connectivity index (χ2n) is 4.82. The first-order chi connectivity index (χ1) is 11.0. The van der Waals surface area contributed by atoms with E-state index in [1.807, 2.05) is 25.1 Å². The second kappa shape index (κ2) is 7.78. The number of anilines is 1. The molecular weight excluding hydrogens is 362 g/mol. The Balaban J connectivity index is 1.95. The molecule has 0 aliphatic carbocycles. The Bertz CT molecular complexity index is 730. The van der Waals surface area contributed by atoms with Crippen LogP contribution in [0.1, 0.15) is 15.9 Å². The van der Waals surface area contributed by atoms with Gasteiger partial charge in [-0.05, 0) is 48.9 Å². The summed E-state index contributed by atoms with van der Waals surface area (Å²) in [5, 5.41) is 2.78. The Morgan fingerprint density at radius 3 is 2.65 bits per heavy atom. The molecule has 0 saturated carbocycles. The largest absolute Gasteiger partial charge is 0.484 e. The monoisotopic (exact) mass is 377 g/mol. The summed E-state index contributed by atoms with van der Waals surface area (Å²) < 4.78 is 11.0. The van der Waals surface area contributed by atoms with Gasteiger partial charge in [-0.1, -0.05) is 22.0 Å². The summed E-state index contributed by atoms with van der Waals surface area (Å²) in [6, 6.07) is 12.1. The molecule has 2 rings (SSSR count). The maximum Gasteiger partial charge on any atom is 0.337 e. The number of halogens is 1. The van der Waals surface area contributed by atoms with Gasteiger partial charge in [-0.25, -0.2) is 4.79 Å². The predicted molar refractivity (Wildman–Crippen MR) is 90.8 cm³/mol. The summed E-state index contributed by atoms with van der Waals surface area (Å²) in [6.07, 6.45) is 0. The fourth-order valence-electron chi connectivity index (χ4n) is 1.93. The SMILES string of the molecule is COC(=O)c1cccc(OCC(=O)Nc2ccc(Br)cc2C)c1. The van der Waals surface area contributed by atoms with E-state index in [9.17, 15) is 9.59 Å². The quantitative estimate of drug-likeness (QED) is 0.809. The molecule has 0 bridgehead atoms. The number of rotatable bonds is 5. The first kappa shape index (κ1) is 17.0. The third kappa shape index (κ3) is 4.82. The standard InChI is InChI=1S/C17H16BrNO4/c1-11-8-13(18)6-7-15(11)19-16(20)10-23-14-5-3-4-12(9-14)17(21)22-2/h3-9H,10H2,1-2H3,(H,19,20). The van der Waals surface area contributed by atoms with Crippen molar-refractivity contribution in [1.29, 1.82) is 0 Å². The van der Waals surface area contributed by atoms with E-state index in [2.05, 4.69) is 26.0 Å². The highest BCUT2D eigenvalue weighted by atomic mass is 79.9. The van der Waals surface area contributed by atoms with Crippen molar-refractivity contribution in [3.63, 3.8) is 0 Å². The normalized spacial score (nSPS) is 10.0. The average molecular weight is 378 g/mol. The number of ether oxygens (including phenoxy) is 2. The van der Waals surface area contributed by atoms with Crippen LogP contribution >= 0.6 is 15.9 Å². The number of nitrogens with one attached hydrogen (secondary N) is 1. The molecule has 120 valence electrons. The van der Waals surface area contributed by atoms with Crippen LogP contribution in [0, 0.1) is 6.92 Å². The van der Waals surface area contributed by atoms with Crippen LogP contribution < -0.4 is 10.1 Å². The molecule has 0 fully saturated rings.